The fraction of sp³-hybridized carbons (Fsp3) is 0.476. The van der Waals surface area contributed by atoms with E-state index in [-0.39, 0.29) is 24.6 Å². The molecule has 3 rings (SSSR count). The molecule has 2 heterocycles. The Bertz CT molecular complexity index is 886. The maximum atomic E-state index is 13.2. The van der Waals surface area contributed by atoms with E-state index in [1.54, 1.807) is 6.92 Å². The molecule has 0 radical (unpaired) electrons. The summed E-state index contributed by atoms with van der Waals surface area (Å²) < 4.78 is 32.0. The highest BCUT2D eigenvalue weighted by Crippen LogP contribution is 2.27. The quantitative estimate of drug-likeness (QED) is 0.640. The number of halogens is 2. The number of alkyl halides is 2. The molecule has 0 unspecified atom stereocenters. The number of rotatable bonds is 8. The number of hydrogen-bond acceptors (Lipinski definition) is 5. The van der Waals surface area contributed by atoms with Crippen LogP contribution in [0.5, 0.6) is 0 Å². The second-order valence-corrected chi connectivity index (χ2v) is 7.51. The number of aromatic nitrogens is 1. The summed E-state index contributed by atoms with van der Waals surface area (Å²) in [6.07, 6.45) is 1.25. The molecule has 1 aliphatic heterocycles. The smallest absolute Gasteiger partial charge is 0.273 e. The second-order valence-electron chi connectivity index (χ2n) is 7.51. The number of nitrogens with two attached hydrogens (primary N) is 1. The molecule has 1 aromatic heterocycles. The van der Waals surface area contributed by atoms with Gasteiger partial charge in [-0.1, -0.05) is 18.2 Å². The molecule has 0 spiro atoms. The Morgan fingerprint density at radius 2 is 2.03 bits per heavy atom. The lowest BCUT2D eigenvalue weighted by atomic mass is 10.1. The Labute approximate surface area is 173 Å². The number of unbranched alkanes of at least 4 members (excludes halogenated alkanes) is 1. The van der Waals surface area contributed by atoms with Crippen molar-refractivity contribution in [3.63, 3.8) is 0 Å². The zero-order valence-corrected chi connectivity index (χ0v) is 16.9. The molecule has 162 valence electrons. The van der Waals surface area contributed by atoms with E-state index in [4.69, 9.17) is 10.2 Å². The van der Waals surface area contributed by atoms with Gasteiger partial charge in [0.1, 0.15) is 5.76 Å². The van der Waals surface area contributed by atoms with Gasteiger partial charge in [-0.25, -0.2) is 13.8 Å². The standard InChI is InChI=1S/C21H26F2N4O3/c1-14-17(26-19(30-14)15-7-3-2-4-8-15)18(28)25-11-6-5-9-16(24)20(29)27-12-10-21(22,23)13-27/h2-4,7-8,16H,5-6,9-13,24H2,1H3,(H,25,28)/t16-/m0/s1. The third-order valence-corrected chi connectivity index (χ3v) is 5.06. The molecule has 9 heteroatoms. The molecule has 7 nitrogen and oxygen atoms in total. The fourth-order valence-electron chi connectivity index (χ4n) is 3.37. The average molecular weight is 420 g/mol. The molecule has 1 aromatic carbocycles. The fourth-order valence-corrected chi connectivity index (χ4v) is 3.37. The van der Waals surface area contributed by atoms with Crippen LogP contribution in [0.25, 0.3) is 11.5 Å². The van der Waals surface area contributed by atoms with E-state index in [1.807, 2.05) is 30.3 Å². The van der Waals surface area contributed by atoms with Crippen LogP contribution < -0.4 is 11.1 Å². The van der Waals surface area contributed by atoms with Gasteiger partial charge < -0.3 is 20.4 Å². The van der Waals surface area contributed by atoms with E-state index >= 15 is 0 Å². The van der Waals surface area contributed by atoms with E-state index in [1.165, 1.54) is 0 Å². The normalized spacial score (nSPS) is 16.5. The van der Waals surface area contributed by atoms with Crippen LogP contribution in [0, 0.1) is 6.92 Å². The molecule has 3 N–H and O–H groups in total. The number of carbonyl (C=O) groups excluding carboxylic acids is 2. The Kier molecular flexibility index (Phi) is 6.81. The van der Waals surface area contributed by atoms with Crippen LogP contribution in [0.1, 0.15) is 41.9 Å². The lowest BCUT2D eigenvalue weighted by molar-refractivity contribution is -0.133. The molecule has 1 aliphatic rings. The van der Waals surface area contributed by atoms with Gasteiger partial charge in [-0.05, 0) is 38.3 Å². The minimum Gasteiger partial charge on any atom is -0.441 e. The maximum absolute atomic E-state index is 13.2. The molecule has 1 saturated heterocycles. The van der Waals surface area contributed by atoms with E-state index in [0.29, 0.717) is 37.5 Å². The zero-order valence-electron chi connectivity index (χ0n) is 16.9. The third-order valence-electron chi connectivity index (χ3n) is 5.06. The average Bonchev–Trinajstić information content (AvgIpc) is 3.29. The summed E-state index contributed by atoms with van der Waals surface area (Å²) in [5.41, 5.74) is 6.87. The molecule has 0 aliphatic carbocycles. The maximum Gasteiger partial charge on any atom is 0.273 e. The molecule has 0 saturated carbocycles. The summed E-state index contributed by atoms with van der Waals surface area (Å²) in [7, 11) is 0. The number of nitrogens with zero attached hydrogens (tertiary/aromatic N) is 2. The van der Waals surface area contributed by atoms with Crippen molar-refractivity contribution < 1.29 is 22.8 Å². The summed E-state index contributed by atoms with van der Waals surface area (Å²) in [5, 5.41) is 2.78. The summed E-state index contributed by atoms with van der Waals surface area (Å²) in [6, 6.07) is 8.49. The number of likely N-dealkylation sites (tertiary alicyclic amines) is 1. The van der Waals surface area contributed by atoms with Crippen molar-refractivity contribution in [2.75, 3.05) is 19.6 Å². The molecule has 0 bridgehead atoms. The van der Waals surface area contributed by atoms with Crippen LogP contribution in [0.3, 0.4) is 0 Å². The monoisotopic (exact) mass is 420 g/mol. The molecular weight excluding hydrogens is 394 g/mol. The van der Waals surface area contributed by atoms with Gasteiger partial charge in [0.05, 0.1) is 12.6 Å². The third kappa shape index (κ3) is 5.41. The zero-order chi connectivity index (χ0) is 21.7. The number of hydrogen-bond donors (Lipinski definition) is 2. The number of amides is 2. The van der Waals surface area contributed by atoms with E-state index in [9.17, 15) is 18.4 Å². The van der Waals surface area contributed by atoms with Crippen molar-refractivity contribution in [1.29, 1.82) is 0 Å². The number of benzene rings is 1. The summed E-state index contributed by atoms with van der Waals surface area (Å²) in [4.78, 5) is 29.9. The summed E-state index contributed by atoms with van der Waals surface area (Å²) in [6.45, 7) is 1.55. The number of nitrogens with one attached hydrogen (secondary N) is 1. The SMILES string of the molecule is Cc1oc(-c2ccccc2)nc1C(=O)NCCCC[C@H](N)C(=O)N1CCC(F)(F)C1. The highest BCUT2D eigenvalue weighted by Gasteiger charge is 2.41. The van der Waals surface area contributed by atoms with Gasteiger partial charge in [-0.15, -0.1) is 0 Å². The first-order valence-corrected chi connectivity index (χ1v) is 10.00. The largest absolute Gasteiger partial charge is 0.441 e. The van der Waals surface area contributed by atoms with Crippen molar-refractivity contribution in [2.24, 2.45) is 5.73 Å². The molecule has 2 amide bonds. The molecule has 1 fully saturated rings. The van der Waals surface area contributed by atoms with Crippen molar-refractivity contribution in [3.8, 4) is 11.5 Å². The van der Waals surface area contributed by atoms with E-state index < -0.39 is 24.4 Å². The summed E-state index contributed by atoms with van der Waals surface area (Å²) >= 11 is 0. The first-order valence-electron chi connectivity index (χ1n) is 10.00. The van der Waals surface area contributed by atoms with Crippen molar-refractivity contribution in [1.82, 2.24) is 15.2 Å². The minimum atomic E-state index is -2.82. The molecule has 30 heavy (non-hydrogen) atoms. The van der Waals surface area contributed by atoms with Gasteiger partial charge in [0.2, 0.25) is 11.8 Å². The topological polar surface area (TPSA) is 101 Å². The van der Waals surface area contributed by atoms with Crippen LogP contribution in [-0.2, 0) is 4.79 Å². The van der Waals surface area contributed by atoms with Gasteiger partial charge >= 0.3 is 0 Å². The first-order chi connectivity index (χ1) is 14.3. The second kappa shape index (κ2) is 9.34. The lowest BCUT2D eigenvalue weighted by Gasteiger charge is -2.20. The van der Waals surface area contributed by atoms with Crippen LogP contribution >= 0.6 is 0 Å². The van der Waals surface area contributed by atoms with Crippen molar-refractivity contribution in [2.45, 2.75) is 44.6 Å². The Hall–Kier alpha value is -2.81. The van der Waals surface area contributed by atoms with E-state index in [0.717, 1.165) is 10.5 Å². The molecule has 2 aromatic rings. The number of aryl methyl sites for hydroxylation is 1. The number of oxazole rings is 1. The highest BCUT2D eigenvalue weighted by atomic mass is 19.3. The van der Waals surface area contributed by atoms with Gasteiger partial charge in [-0.2, -0.15) is 0 Å². The van der Waals surface area contributed by atoms with Crippen LogP contribution in [-0.4, -0.2) is 53.3 Å². The van der Waals surface area contributed by atoms with Crippen LogP contribution in [0.15, 0.2) is 34.7 Å². The van der Waals surface area contributed by atoms with Gasteiger partial charge in [0.25, 0.3) is 11.8 Å². The first kappa shape index (κ1) is 21.9. The molecule has 1 atom stereocenters. The lowest BCUT2D eigenvalue weighted by Crippen LogP contribution is -2.43. The minimum absolute atomic E-state index is 0.0393. The Morgan fingerprint density at radius 3 is 2.70 bits per heavy atom. The van der Waals surface area contributed by atoms with Crippen molar-refractivity contribution >= 4 is 11.8 Å². The molecular formula is C21H26F2N4O3. The Morgan fingerprint density at radius 1 is 1.30 bits per heavy atom. The highest BCUT2D eigenvalue weighted by molar-refractivity contribution is 5.93. The van der Waals surface area contributed by atoms with E-state index in [2.05, 4.69) is 10.3 Å². The predicted molar refractivity (Wildman–Crippen MR) is 107 cm³/mol. The Balaban J connectivity index is 1.40. The van der Waals surface area contributed by atoms with Gasteiger partial charge in [0, 0.05) is 25.1 Å². The summed E-state index contributed by atoms with van der Waals surface area (Å²) in [5.74, 6) is -2.78. The van der Waals surface area contributed by atoms with Gasteiger partial charge in [0.15, 0.2) is 5.69 Å². The van der Waals surface area contributed by atoms with Crippen LogP contribution in [0.2, 0.25) is 0 Å². The number of carbonyl (C=O) groups is 2. The van der Waals surface area contributed by atoms with Crippen LogP contribution in [0.4, 0.5) is 8.78 Å². The predicted octanol–water partition coefficient (Wildman–Crippen LogP) is 2.75. The van der Waals surface area contributed by atoms with Gasteiger partial charge in [-0.3, -0.25) is 9.59 Å². The van der Waals surface area contributed by atoms with Crippen molar-refractivity contribution in [3.05, 3.63) is 41.8 Å².